The van der Waals surface area contributed by atoms with Crippen LogP contribution in [0.1, 0.15) is 110 Å². The van der Waals surface area contributed by atoms with Gasteiger partial charge in [0.25, 0.3) is 0 Å². The number of carbonyl (C=O) groups excluding carboxylic acids is 3. The van der Waals surface area contributed by atoms with Crippen LogP contribution in [0.5, 0.6) is 0 Å². The third-order valence-electron chi connectivity index (χ3n) is 8.33. The number of carboxylic acids is 1. The first kappa shape index (κ1) is 41.7. The van der Waals surface area contributed by atoms with E-state index in [4.69, 9.17) is 9.84 Å². The molecular weight excluding hydrogens is 602 g/mol. The van der Waals surface area contributed by atoms with Crippen LogP contribution in [0.15, 0.2) is 0 Å². The zero-order valence-corrected chi connectivity index (χ0v) is 27.6. The van der Waals surface area contributed by atoms with Gasteiger partial charge in [-0.1, -0.05) is 71.1 Å². The SMILES string of the molecule is CCCCCCCCCCCCCNC(=O)CN(CC[C@@H]1O[C@@H](C)[C@@H](O)[C@@H](O)[C@@H]1O)C(=O)[C@H](NC(=O)CCCC(=O)O)[C@@H](O)CO. The van der Waals surface area contributed by atoms with Crippen molar-refractivity contribution in [3.05, 3.63) is 0 Å². The Labute approximate surface area is 272 Å². The zero-order valence-electron chi connectivity index (χ0n) is 27.6. The summed E-state index contributed by atoms with van der Waals surface area (Å²) in [5, 5.41) is 64.5. The maximum absolute atomic E-state index is 13.6. The summed E-state index contributed by atoms with van der Waals surface area (Å²) in [5.41, 5.74) is 0. The summed E-state index contributed by atoms with van der Waals surface area (Å²) in [6, 6.07) is -1.63. The number of ether oxygens (including phenoxy) is 1. The molecule has 0 aliphatic carbocycles. The lowest BCUT2D eigenvalue weighted by Crippen LogP contribution is -2.59. The molecule has 7 atom stereocenters. The normalized spacial score (nSPS) is 22.5. The average molecular weight is 662 g/mol. The summed E-state index contributed by atoms with van der Waals surface area (Å²) >= 11 is 0. The molecule has 0 bridgehead atoms. The molecule has 1 heterocycles. The highest BCUT2D eigenvalue weighted by molar-refractivity contribution is 5.91. The van der Waals surface area contributed by atoms with Crippen LogP contribution < -0.4 is 10.6 Å². The quantitative estimate of drug-likeness (QED) is 0.0632. The number of nitrogens with one attached hydrogen (secondary N) is 2. The van der Waals surface area contributed by atoms with E-state index in [1.807, 2.05) is 0 Å². The molecule has 46 heavy (non-hydrogen) atoms. The van der Waals surface area contributed by atoms with Gasteiger partial charge >= 0.3 is 5.97 Å². The number of rotatable bonds is 25. The van der Waals surface area contributed by atoms with Crippen LogP contribution in [-0.4, -0.2) is 128 Å². The van der Waals surface area contributed by atoms with E-state index in [1.165, 1.54) is 51.9 Å². The van der Waals surface area contributed by atoms with E-state index < -0.39 is 79.5 Å². The molecule has 1 saturated heterocycles. The number of aliphatic hydroxyl groups excluding tert-OH is 5. The van der Waals surface area contributed by atoms with E-state index in [9.17, 15) is 44.7 Å². The second kappa shape index (κ2) is 23.9. The van der Waals surface area contributed by atoms with E-state index >= 15 is 0 Å². The van der Waals surface area contributed by atoms with Crippen LogP contribution in [0.3, 0.4) is 0 Å². The second-order valence-corrected chi connectivity index (χ2v) is 12.3. The number of hydrogen-bond acceptors (Lipinski definition) is 10. The minimum absolute atomic E-state index is 0.00820. The lowest BCUT2D eigenvalue weighted by molar-refractivity contribution is -0.218. The molecule has 0 aromatic rings. The Balaban J connectivity index is 2.77. The van der Waals surface area contributed by atoms with Crippen molar-refractivity contribution in [2.75, 3.05) is 26.2 Å². The highest BCUT2D eigenvalue weighted by Crippen LogP contribution is 2.23. The molecule has 0 unspecified atom stereocenters. The fourth-order valence-electron chi connectivity index (χ4n) is 5.44. The Morgan fingerprint density at radius 2 is 1.39 bits per heavy atom. The largest absolute Gasteiger partial charge is 0.481 e. The molecule has 0 spiro atoms. The van der Waals surface area contributed by atoms with E-state index in [0.29, 0.717) is 6.54 Å². The molecule has 0 radical (unpaired) electrons. The Hall–Kier alpha value is -2.36. The first-order valence-corrected chi connectivity index (χ1v) is 17.0. The highest BCUT2D eigenvalue weighted by atomic mass is 16.5. The van der Waals surface area contributed by atoms with Crippen molar-refractivity contribution in [3.8, 4) is 0 Å². The van der Waals surface area contributed by atoms with Crippen molar-refractivity contribution < 1.29 is 54.6 Å². The van der Waals surface area contributed by atoms with Gasteiger partial charge in [-0.2, -0.15) is 0 Å². The Bertz CT molecular complexity index is 893. The molecule has 8 N–H and O–H groups in total. The lowest BCUT2D eigenvalue weighted by Gasteiger charge is -2.40. The number of carbonyl (C=O) groups is 4. The molecule has 1 fully saturated rings. The Morgan fingerprint density at radius 1 is 0.804 bits per heavy atom. The predicted molar refractivity (Wildman–Crippen MR) is 170 cm³/mol. The van der Waals surface area contributed by atoms with Gasteiger partial charge in [-0.15, -0.1) is 0 Å². The van der Waals surface area contributed by atoms with Crippen molar-refractivity contribution in [2.45, 2.75) is 153 Å². The van der Waals surface area contributed by atoms with Gasteiger partial charge in [-0.05, 0) is 26.2 Å². The van der Waals surface area contributed by atoms with Crippen LogP contribution in [0.4, 0.5) is 0 Å². The highest BCUT2D eigenvalue weighted by Gasteiger charge is 2.42. The van der Waals surface area contributed by atoms with E-state index in [2.05, 4.69) is 17.6 Å². The summed E-state index contributed by atoms with van der Waals surface area (Å²) in [4.78, 5) is 50.7. The molecule has 1 aliphatic heterocycles. The molecular formula is C32H59N3O11. The first-order valence-electron chi connectivity index (χ1n) is 17.0. The van der Waals surface area contributed by atoms with Crippen LogP contribution >= 0.6 is 0 Å². The van der Waals surface area contributed by atoms with E-state index in [-0.39, 0.29) is 32.2 Å². The topological polar surface area (TPSA) is 226 Å². The molecule has 0 aromatic heterocycles. The van der Waals surface area contributed by atoms with E-state index in [1.54, 1.807) is 0 Å². The molecule has 3 amide bonds. The summed E-state index contributed by atoms with van der Waals surface area (Å²) < 4.78 is 5.62. The summed E-state index contributed by atoms with van der Waals surface area (Å²) in [6.07, 6.45) is 4.36. The number of aliphatic carboxylic acids is 1. The number of unbranched alkanes of at least 4 members (excludes halogenated alkanes) is 10. The second-order valence-electron chi connectivity index (χ2n) is 12.3. The number of carboxylic acid groups (broad SMARTS) is 1. The maximum atomic E-state index is 13.6. The monoisotopic (exact) mass is 661 g/mol. The number of aliphatic hydroxyl groups is 5. The van der Waals surface area contributed by atoms with Gasteiger partial charge < -0.3 is 50.9 Å². The number of hydrogen-bond donors (Lipinski definition) is 8. The van der Waals surface area contributed by atoms with Crippen LogP contribution in [0.25, 0.3) is 0 Å². The first-order chi connectivity index (χ1) is 21.9. The van der Waals surface area contributed by atoms with Gasteiger partial charge in [0, 0.05) is 25.9 Å². The minimum atomic E-state index is -1.72. The van der Waals surface area contributed by atoms with E-state index in [0.717, 1.165) is 30.6 Å². The Kier molecular flexibility index (Phi) is 21.6. The third kappa shape index (κ3) is 16.5. The number of amides is 3. The average Bonchev–Trinajstić information content (AvgIpc) is 3.02. The fourth-order valence-corrected chi connectivity index (χ4v) is 5.44. The zero-order chi connectivity index (χ0) is 34.5. The number of nitrogens with zero attached hydrogens (tertiary/aromatic N) is 1. The van der Waals surface area contributed by atoms with Crippen LogP contribution in [0, 0.1) is 0 Å². The van der Waals surface area contributed by atoms with Crippen molar-refractivity contribution in [2.24, 2.45) is 0 Å². The van der Waals surface area contributed by atoms with Crippen molar-refractivity contribution in [1.82, 2.24) is 15.5 Å². The van der Waals surface area contributed by atoms with Crippen molar-refractivity contribution in [1.29, 1.82) is 0 Å². The summed E-state index contributed by atoms with van der Waals surface area (Å²) in [5.74, 6) is -3.18. The lowest BCUT2D eigenvalue weighted by atomic mass is 9.94. The van der Waals surface area contributed by atoms with Crippen LogP contribution in [-0.2, 0) is 23.9 Å². The standard InChI is InChI=1S/C32H59N3O11/c1-3-4-5-6-7-8-9-10-11-12-13-18-33-26(39)20-35(19-17-24-30(43)31(44)29(42)22(2)46-24)32(45)28(23(37)21-36)34-25(38)15-14-16-27(40)41/h22-24,28-31,36-37,42-44H,3-21H2,1-2H3,(H,33,39)(H,34,38)(H,40,41)/t22-,23-,24-,28+,29+,30+,31+/m0/s1. The van der Waals surface area contributed by atoms with Gasteiger partial charge in [-0.3, -0.25) is 19.2 Å². The molecule has 0 saturated carbocycles. The maximum Gasteiger partial charge on any atom is 0.303 e. The summed E-state index contributed by atoms with van der Waals surface area (Å²) in [6.45, 7) is 2.60. The molecule has 1 aliphatic rings. The predicted octanol–water partition coefficient (Wildman–Crippen LogP) is 0.595. The molecule has 14 heteroatoms. The van der Waals surface area contributed by atoms with Gasteiger partial charge in [-0.25, -0.2) is 0 Å². The smallest absolute Gasteiger partial charge is 0.303 e. The molecule has 268 valence electrons. The van der Waals surface area contributed by atoms with Crippen LogP contribution in [0.2, 0.25) is 0 Å². The van der Waals surface area contributed by atoms with Gasteiger partial charge in [0.2, 0.25) is 17.7 Å². The van der Waals surface area contributed by atoms with Crippen molar-refractivity contribution >= 4 is 23.7 Å². The molecule has 1 rings (SSSR count). The molecule has 0 aromatic carbocycles. The third-order valence-corrected chi connectivity index (χ3v) is 8.33. The van der Waals surface area contributed by atoms with Gasteiger partial charge in [0.15, 0.2) is 0 Å². The Morgan fingerprint density at radius 3 is 1.96 bits per heavy atom. The fraction of sp³-hybridized carbons (Fsp3) is 0.875. The minimum Gasteiger partial charge on any atom is -0.481 e. The summed E-state index contributed by atoms with van der Waals surface area (Å²) in [7, 11) is 0. The van der Waals surface area contributed by atoms with Gasteiger partial charge in [0.1, 0.15) is 30.5 Å². The molecule has 14 nitrogen and oxygen atoms in total. The van der Waals surface area contributed by atoms with Gasteiger partial charge in [0.05, 0.1) is 25.4 Å². The van der Waals surface area contributed by atoms with Crippen molar-refractivity contribution in [3.63, 3.8) is 0 Å².